The van der Waals surface area contributed by atoms with Crippen molar-refractivity contribution in [2.24, 2.45) is 0 Å². The Balaban J connectivity index is 1.39. The van der Waals surface area contributed by atoms with Crippen LogP contribution in [0.2, 0.25) is 0 Å². The van der Waals surface area contributed by atoms with E-state index in [-0.39, 0.29) is 12.5 Å². The summed E-state index contributed by atoms with van der Waals surface area (Å²) in [5.41, 5.74) is 4.37. The molecule has 6 nitrogen and oxygen atoms in total. The smallest absolute Gasteiger partial charge is 0.410 e. The molecule has 1 atom stereocenters. The van der Waals surface area contributed by atoms with Crippen molar-refractivity contribution in [2.75, 3.05) is 11.9 Å². The van der Waals surface area contributed by atoms with Gasteiger partial charge in [0.1, 0.15) is 12.6 Å². The Morgan fingerprint density at radius 2 is 2.00 bits per heavy atom. The lowest BCUT2D eigenvalue weighted by Gasteiger charge is -2.22. The van der Waals surface area contributed by atoms with Gasteiger partial charge >= 0.3 is 6.09 Å². The minimum Gasteiger partial charge on any atom is -0.445 e. The number of likely N-dealkylation sites (tertiary alicyclic amines) is 1. The van der Waals surface area contributed by atoms with Crippen LogP contribution in [0.3, 0.4) is 0 Å². The Labute approximate surface area is 185 Å². The fourth-order valence-electron chi connectivity index (χ4n) is 3.71. The van der Waals surface area contributed by atoms with E-state index in [2.05, 4.69) is 42.3 Å². The van der Waals surface area contributed by atoms with E-state index >= 15 is 0 Å². The summed E-state index contributed by atoms with van der Waals surface area (Å²) in [7, 11) is 0. The van der Waals surface area contributed by atoms with Gasteiger partial charge in [-0.25, -0.2) is 9.78 Å². The Kier molecular flexibility index (Phi) is 6.32. The minimum absolute atomic E-state index is 0.191. The molecule has 0 bridgehead atoms. The summed E-state index contributed by atoms with van der Waals surface area (Å²) in [6.45, 7) is 4.82. The number of carbonyl (C=O) groups excluding carboxylic acids is 2. The quantitative estimate of drug-likeness (QED) is 0.600. The predicted octanol–water partition coefficient (Wildman–Crippen LogP) is 5.17. The number of aromatic nitrogens is 1. The van der Waals surface area contributed by atoms with E-state index in [4.69, 9.17) is 4.74 Å². The highest BCUT2D eigenvalue weighted by molar-refractivity contribution is 7.19. The van der Waals surface area contributed by atoms with E-state index in [0.717, 1.165) is 28.0 Å². The van der Waals surface area contributed by atoms with Crippen LogP contribution in [0.5, 0.6) is 0 Å². The summed E-state index contributed by atoms with van der Waals surface area (Å²) in [5, 5.41) is 3.42. The Morgan fingerprint density at radius 3 is 2.81 bits per heavy atom. The fraction of sp³-hybridized carbons (Fsp3) is 0.292. The number of rotatable bonds is 5. The summed E-state index contributed by atoms with van der Waals surface area (Å²) < 4.78 is 5.42. The Bertz CT molecular complexity index is 1080. The number of thiazole rings is 1. The molecule has 0 saturated carbocycles. The number of hydrogen-bond donors (Lipinski definition) is 1. The molecule has 1 fully saturated rings. The van der Waals surface area contributed by atoms with Gasteiger partial charge < -0.3 is 10.1 Å². The standard InChI is InChI=1S/C24H25N3O3S/c1-16-10-11-17(2)19(13-16)21-14-25-23(31-21)26-22(28)20-9-6-12-27(20)24(29)30-15-18-7-4-3-5-8-18/h3-5,7-8,10-11,13-14,20H,6,9,12,15H2,1-2H3,(H,25,26,28)/t20-/m0/s1. The maximum Gasteiger partial charge on any atom is 0.410 e. The van der Waals surface area contributed by atoms with E-state index in [0.29, 0.717) is 18.1 Å². The summed E-state index contributed by atoms with van der Waals surface area (Å²) in [6, 6.07) is 15.2. The molecule has 1 aliphatic heterocycles. The first-order valence-corrected chi connectivity index (χ1v) is 11.1. The van der Waals surface area contributed by atoms with Gasteiger partial charge in [-0.15, -0.1) is 0 Å². The predicted molar refractivity (Wildman–Crippen MR) is 122 cm³/mol. The molecule has 1 aromatic heterocycles. The van der Waals surface area contributed by atoms with Gasteiger partial charge in [-0.1, -0.05) is 65.4 Å². The van der Waals surface area contributed by atoms with E-state index in [1.807, 2.05) is 30.3 Å². The van der Waals surface area contributed by atoms with Crippen LogP contribution < -0.4 is 5.32 Å². The number of hydrogen-bond acceptors (Lipinski definition) is 5. The van der Waals surface area contributed by atoms with E-state index in [9.17, 15) is 9.59 Å². The van der Waals surface area contributed by atoms with Gasteiger partial charge in [0.05, 0.1) is 4.88 Å². The highest BCUT2D eigenvalue weighted by Crippen LogP contribution is 2.32. The molecule has 0 radical (unpaired) electrons. The highest BCUT2D eigenvalue weighted by atomic mass is 32.1. The van der Waals surface area contributed by atoms with Crippen molar-refractivity contribution < 1.29 is 14.3 Å². The molecule has 1 N–H and O–H groups in total. The number of amides is 2. The third-order valence-electron chi connectivity index (χ3n) is 5.39. The Morgan fingerprint density at radius 1 is 1.19 bits per heavy atom. The lowest BCUT2D eigenvalue weighted by atomic mass is 10.1. The van der Waals surface area contributed by atoms with E-state index in [1.165, 1.54) is 21.8 Å². The summed E-state index contributed by atoms with van der Waals surface area (Å²) in [5.74, 6) is -0.226. The Hall–Kier alpha value is -3.19. The molecule has 4 rings (SSSR count). The number of aryl methyl sites for hydroxylation is 2. The molecule has 0 unspecified atom stereocenters. The normalized spacial score (nSPS) is 15.7. The SMILES string of the molecule is Cc1ccc(C)c(-c2cnc(NC(=O)[C@@H]3CCCN3C(=O)OCc3ccccc3)s2)c1. The monoisotopic (exact) mass is 435 g/mol. The second-order valence-corrected chi connectivity index (χ2v) is 8.76. The zero-order chi connectivity index (χ0) is 21.8. The number of nitrogens with zero attached hydrogens (tertiary/aromatic N) is 2. The average Bonchev–Trinajstić information content (AvgIpc) is 3.44. The molecule has 0 spiro atoms. The third kappa shape index (κ3) is 4.94. The topological polar surface area (TPSA) is 71.5 Å². The lowest BCUT2D eigenvalue weighted by molar-refractivity contribution is -0.120. The first kappa shape index (κ1) is 21.1. The van der Waals surface area contributed by atoms with Crippen molar-refractivity contribution in [3.8, 4) is 10.4 Å². The minimum atomic E-state index is -0.545. The number of anilines is 1. The maximum absolute atomic E-state index is 12.9. The van der Waals surface area contributed by atoms with Gasteiger partial charge in [0.2, 0.25) is 5.91 Å². The molecule has 31 heavy (non-hydrogen) atoms. The molecule has 2 heterocycles. The first-order chi connectivity index (χ1) is 15.0. The van der Waals surface area contributed by atoms with Crippen LogP contribution in [0.15, 0.2) is 54.7 Å². The van der Waals surface area contributed by atoms with Crippen LogP contribution in [0, 0.1) is 13.8 Å². The van der Waals surface area contributed by atoms with Crippen molar-refractivity contribution in [3.63, 3.8) is 0 Å². The van der Waals surface area contributed by atoms with E-state index in [1.54, 1.807) is 6.20 Å². The lowest BCUT2D eigenvalue weighted by Crippen LogP contribution is -2.43. The van der Waals surface area contributed by atoms with E-state index < -0.39 is 12.1 Å². The van der Waals surface area contributed by atoms with Crippen molar-refractivity contribution in [2.45, 2.75) is 39.3 Å². The zero-order valence-electron chi connectivity index (χ0n) is 17.6. The van der Waals surface area contributed by atoms with Gasteiger partial charge in [0.15, 0.2) is 5.13 Å². The largest absolute Gasteiger partial charge is 0.445 e. The molecule has 2 aromatic carbocycles. The molecule has 1 aliphatic rings. The second-order valence-electron chi connectivity index (χ2n) is 7.73. The van der Waals surface area contributed by atoms with Gasteiger partial charge in [0, 0.05) is 12.7 Å². The van der Waals surface area contributed by atoms with Gasteiger partial charge in [-0.3, -0.25) is 9.69 Å². The second kappa shape index (κ2) is 9.31. The molecular formula is C24H25N3O3S. The fourth-order valence-corrected chi connectivity index (χ4v) is 4.61. The first-order valence-electron chi connectivity index (χ1n) is 10.3. The number of carbonyl (C=O) groups is 2. The van der Waals surface area contributed by atoms with Crippen LogP contribution in [0.1, 0.15) is 29.5 Å². The van der Waals surface area contributed by atoms with Crippen molar-refractivity contribution in [1.29, 1.82) is 0 Å². The van der Waals surface area contributed by atoms with Crippen molar-refractivity contribution >= 4 is 28.5 Å². The highest BCUT2D eigenvalue weighted by Gasteiger charge is 2.35. The molecule has 1 saturated heterocycles. The molecule has 7 heteroatoms. The summed E-state index contributed by atoms with van der Waals surface area (Å²) in [4.78, 5) is 32.3. The summed E-state index contributed by atoms with van der Waals surface area (Å²) >= 11 is 1.44. The number of nitrogens with one attached hydrogen (secondary N) is 1. The van der Waals surface area contributed by atoms with Gasteiger partial charge in [-0.2, -0.15) is 0 Å². The number of benzene rings is 2. The molecule has 160 valence electrons. The van der Waals surface area contributed by atoms with Crippen LogP contribution in [0.4, 0.5) is 9.93 Å². The molecule has 0 aliphatic carbocycles. The maximum atomic E-state index is 12.9. The van der Waals surface area contributed by atoms with Crippen LogP contribution in [-0.4, -0.2) is 34.5 Å². The molecular weight excluding hydrogens is 410 g/mol. The van der Waals surface area contributed by atoms with Crippen molar-refractivity contribution in [3.05, 3.63) is 71.4 Å². The average molecular weight is 436 g/mol. The van der Waals surface area contributed by atoms with Crippen molar-refractivity contribution in [1.82, 2.24) is 9.88 Å². The van der Waals surface area contributed by atoms with Crippen LogP contribution in [-0.2, 0) is 16.1 Å². The van der Waals surface area contributed by atoms with Crippen LogP contribution in [0.25, 0.3) is 10.4 Å². The van der Waals surface area contributed by atoms with Gasteiger partial charge in [0.25, 0.3) is 0 Å². The van der Waals surface area contributed by atoms with Gasteiger partial charge in [-0.05, 0) is 43.4 Å². The third-order valence-corrected chi connectivity index (χ3v) is 6.34. The van der Waals surface area contributed by atoms with Crippen LogP contribution >= 0.6 is 11.3 Å². The zero-order valence-corrected chi connectivity index (χ0v) is 18.4. The molecule has 2 amide bonds. The number of ether oxygens (including phenoxy) is 1. The molecule has 3 aromatic rings. The summed E-state index contributed by atoms with van der Waals surface area (Å²) in [6.07, 6.45) is 2.70.